The molecule has 0 spiro atoms. The molecule has 0 atom stereocenters. The minimum Gasteiger partial charge on any atom is -0.423 e. The van der Waals surface area contributed by atoms with Crippen LogP contribution in [0.3, 0.4) is 0 Å². The Morgan fingerprint density at radius 1 is 1.21 bits per heavy atom. The van der Waals surface area contributed by atoms with Crippen molar-refractivity contribution in [2.45, 2.75) is 19.8 Å². The highest BCUT2D eigenvalue weighted by atomic mass is 35.5. The standard InChI is InChI=1S/C20H18ClN3O4S/c1-13-17-12-15(21)6-7-19(17)28-20(25)18(13)11-14-4-2-5-16(10-14)24-29(26,27)23-9-3-8-22/h2,4-7,10,12,23-24H,3,9,11H2,1H3. The summed E-state index contributed by atoms with van der Waals surface area (Å²) >= 11 is 6.06. The lowest BCUT2D eigenvalue weighted by molar-refractivity contribution is 0.551. The lowest BCUT2D eigenvalue weighted by Gasteiger charge is -2.11. The number of nitriles is 1. The van der Waals surface area contributed by atoms with Crippen molar-refractivity contribution in [2.24, 2.45) is 0 Å². The molecule has 0 saturated heterocycles. The van der Waals surface area contributed by atoms with Crippen LogP contribution < -0.4 is 15.1 Å². The SMILES string of the molecule is Cc1c(Cc2cccc(NS(=O)(=O)NCCC#N)c2)c(=O)oc2ccc(Cl)cc12. The predicted octanol–water partition coefficient (Wildman–Crippen LogP) is 3.51. The first-order chi connectivity index (χ1) is 13.8. The van der Waals surface area contributed by atoms with E-state index in [4.69, 9.17) is 21.3 Å². The van der Waals surface area contributed by atoms with Crippen molar-refractivity contribution in [3.05, 3.63) is 74.6 Å². The third-order valence-corrected chi connectivity index (χ3v) is 5.66. The Morgan fingerprint density at radius 3 is 2.76 bits per heavy atom. The number of rotatable bonds is 7. The maximum Gasteiger partial charge on any atom is 0.340 e. The smallest absolute Gasteiger partial charge is 0.340 e. The molecule has 7 nitrogen and oxygen atoms in total. The fourth-order valence-electron chi connectivity index (χ4n) is 2.95. The predicted molar refractivity (Wildman–Crippen MR) is 112 cm³/mol. The molecule has 0 amide bonds. The average Bonchev–Trinajstić information content (AvgIpc) is 2.66. The summed E-state index contributed by atoms with van der Waals surface area (Å²) in [6.45, 7) is 1.85. The molecule has 150 valence electrons. The van der Waals surface area contributed by atoms with Crippen LogP contribution in [0.5, 0.6) is 0 Å². The second kappa shape index (κ2) is 8.66. The monoisotopic (exact) mass is 431 g/mol. The molecule has 0 bridgehead atoms. The minimum atomic E-state index is -3.79. The van der Waals surface area contributed by atoms with Gasteiger partial charge in [-0.1, -0.05) is 23.7 Å². The Labute approximate surface area is 173 Å². The van der Waals surface area contributed by atoms with Crippen molar-refractivity contribution in [1.29, 1.82) is 5.26 Å². The Kier molecular flexibility index (Phi) is 6.23. The molecule has 0 unspecified atom stereocenters. The molecular weight excluding hydrogens is 414 g/mol. The number of halogens is 1. The molecule has 29 heavy (non-hydrogen) atoms. The van der Waals surface area contributed by atoms with E-state index in [9.17, 15) is 13.2 Å². The van der Waals surface area contributed by atoms with Crippen LogP contribution in [0.4, 0.5) is 5.69 Å². The number of benzene rings is 2. The fraction of sp³-hybridized carbons (Fsp3) is 0.200. The van der Waals surface area contributed by atoms with Gasteiger partial charge in [0.05, 0.1) is 11.8 Å². The Balaban J connectivity index is 1.87. The molecule has 3 rings (SSSR count). The number of aryl methyl sites for hydroxylation is 1. The van der Waals surface area contributed by atoms with Crippen molar-refractivity contribution in [3.63, 3.8) is 0 Å². The van der Waals surface area contributed by atoms with Crippen LogP contribution in [0.15, 0.2) is 51.7 Å². The van der Waals surface area contributed by atoms with Crippen LogP contribution in [0.1, 0.15) is 23.1 Å². The normalized spacial score (nSPS) is 11.3. The molecule has 0 aliphatic rings. The van der Waals surface area contributed by atoms with Crippen molar-refractivity contribution in [1.82, 2.24) is 4.72 Å². The summed E-state index contributed by atoms with van der Waals surface area (Å²) in [7, 11) is -3.79. The van der Waals surface area contributed by atoms with Crippen LogP contribution in [0, 0.1) is 18.3 Å². The van der Waals surface area contributed by atoms with Crippen molar-refractivity contribution < 1.29 is 12.8 Å². The van der Waals surface area contributed by atoms with Gasteiger partial charge in [0.15, 0.2) is 0 Å². The highest BCUT2D eigenvalue weighted by molar-refractivity contribution is 7.90. The van der Waals surface area contributed by atoms with E-state index in [1.54, 1.807) is 42.5 Å². The van der Waals surface area contributed by atoms with E-state index in [0.29, 0.717) is 21.9 Å². The number of hydrogen-bond acceptors (Lipinski definition) is 5. The lowest BCUT2D eigenvalue weighted by Crippen LogP contribution is -2.30. The maximum atomic E-state index is 12.5. The maximum absolute atomic E-state index is 12.5. The molecule has 1 aromatic heterocycles. The molecule has 2 N–H and O–H groups in total. The molecule has 0 radical (unpaired) electrons. The Morgan fingerprint density at radius 2 is 2.00 bits per heavy atom. The fourth-order valence-corrected chi connectivity index (χ4v) is 4.00. The third kappa shape index (κ3) is 5.15. The van der Waals surface area contributed by atoms with Crippen LogP contribution in [-0.4, -0.2) is 15.0 Å². The topological polar surface area (TPSA) is 112 Å². The number of nitrogens with zero attached hydrogens (tertiary/aromatic N) is 1. The van der Waals surface area contributed by atoms with Gasteiger partial charge in [-0.25, -0.2) is 4.79 Å². The van der Waals surface area contributed by atoms with Crippen LogP contribution in [0.2, 0.25) is 5.02 Å². The van der Waals surface area contributed by atoms with Crippen LogP contribution in [-0.2, 0) is 16.6 Å². The van der Waals surface area contributed by atoms with E-state index in [1.165, 1.54) is 0 Å². The van der Waals surface area contributed by atoms with Gasteiger partial charge >= 0.3 is 5.63 Å². The minimum absolute atomic E-state index is 0.0193. The third-order valence-electron chi connectivity index (χ3n) is 4.34. The van der Waals surface area contributed by atoms with Gasteiger partial charge in [0.25, 0.3) is 10.2 Å². The average molecular weight is 432 g/mol. The molecule has 0 aliphatic carbocycles. The number of fused-ring (bicyclic) bond motifs is 1. The van der Waals surface area contributed by atoms with Crippen molar-refractivity contribution >= 4 is 38.5 Å². The first kappa shape index (κ1) is 20.9. The molecule has 2 aromatic carbocycles. The van der Waals surface area contributed by atoms with Gasteiger partial charge < -0.3 is 4.42 Å². The zero-order valence-electron chi connectivity index (χ0n) is 15.5. The molecule has 0 saturated carbocycles. The quantitative estimate of drug-likeness (QED) is 0.439. The summed E-state index contributed by atoms with van der Waals surface area (Å²) in [5.41, 5.74) is 2.35. The van der Waals surface area contributed by atoms with Crippen LogP contribution in [0.25, 0.3) is 11.0 Å². The van der Waals surface area contributed by atoms with Crippen molar-refractivity contribution in [2.75, 3.05) is 11.3 Å². The van der Waals surface area contributed by atoms with E-state index >= 15 is 0 Å². The summed E-state index contributed by atoms with van der Waals surface area (Å²) in [5, 5.41) is 9.81. The molecule has 3 aromatic rings. The highest BCUT2D eigenvalue weighted by Gasteiger charge is 2.14. The number of nitrogens with one attached hydrogen (secondary N) is 2. The van der Waals surface area contributed by atoms with E-state index in [-0.39, 0.29) is 19.4 Å². The van der Waals surface area contributed by atoms with E-state index in [0.717, 1.165) is 16.5 Å². The Bertz CT molecular complexity index is 1260. The summed E-state index contributed by atoms with van der Waals surface area (Å²) in [6.07, 6.45) is 0.343. The second-order valence-electron chi connectivity index (χ2n) is 6.42. The summed E-state index contributed by atoms with van der Waals surface area (Å²) in [5.74, 6) is 0. The van der Waals surface area contributed by atoms with Gasteiger partial charge in [0.1, 0.15) is 5.58 Å². The summed E-state index contributed by atoms with van der Waals surface area (Å²) in [6, 6.07) is 13.7. The molecule has 0 aliphatic heterocycles. The van der Waals surface area contributed by atoms with Gasteiger partial charge in [-0.2, -0.15) is 18.4 Å². The van der Waals surface area contributed by atoms with Gasteiger partial charge in [-0.3, -0.25) is 4.72 Å². The molecule has 1 heterocycles. The molecule has 0 fully saturated rings. The van der Waals surface area contributed by atoms with Gasteiger partial charge in [0.2, 0.25) is 0 Å². The van der Waals surface area contributed by atoms with E-state index < -0.39 is 15.8 Å². The summed E-state index contributed by atoms with van der Waals surface area (Å²) < 4.78 is 34.1. The van der Waals surface area contributed by atoms with E-state index in [1.807, 2.05) is 13.0 Å². The molecular formula is C20H18ClN3O4S. The first-order valence-electron chi connectivity index (χ1n) is 8.74. The largest absolute Gasteiger partial charge is 0.423 e. The zero-order valence-corrected chi connectivity index (χ0v) is 17.1. The molecule has 9 heteroatoms. The first-order valence-corrected chi connectivity index (χ1v) is 10.6. The number of anilines is 1. The lowest BCUT2D eigenvalue weighted by atomic mass is 9.99. The van der Waals surface area contributed by atoms with Gasteiger partial charge in [0, 0.05) is 35.4 Å². The van der Waals surface area contributed by atoms with Gasteiger partial charge in [-0.15, -0.1) is 0 Å². The zero-order chi connectivity index (χ0) is 21.0. The number of hydrogen-bond donors (Lipinski definition) is 2. The van der Waals surface area contributed by atoms with Crippen LogP contribution >= 0.6 is 11.6 Å². The van der Waals surface area contributed by atoms with Crippen molar-refractivity contribution in [3.8, 4) is 6.07 Å². The Hall–Kier alpha value is -2.86. The van der Waals surface area contributed by atoms with E-state index in [2.05, 4.69) is 9.44 Å². The second-order valence-corrected chi connectivity index (χ2v) is 8.35. The highest BCUT2D eigenvalue weighted by Crippen LogP contribution is 2.25. The van der Waals surface area contributed by atoms with Gasteiger partial charge in [-0.05, 0) is 48.4 Å². The summed E-state index contributed by atoms with van der Waals surface area (Å²) in [4.78, 5) is 12.5.